The van der Waals surface area contributed by atoms with Crippen LogP contribution in [0.15, 0.2) is 30.5 Å². The molecule has 2 aromatic rings. The zero-order chi connectivity index (χ0) is 15.4. The second-order valence-electron chi connectivity index (χ2n) is 4.44. The SMILES string of the molecule is Cc1nn(CCC(=O)Nc2ccccc2O)cc1[N+](=O)[O-]. The number of benzene rings is 1. The first kappa shape index (κ1) is 14.5. The topological polar surface area (TPSA) is 110 Å². The third-order valence-electron chi connectivity index (χ3n) is 2.86. The molecule has 0 aliphatic carbocycles. The monoisotopic (exact) mass is 290 g/mol. The summed E-state index contributed by atoms with van der Waals surface area (Å²) in [5.41, 5.74) is 0.558. The highest BCUT2D eigenvalue weighted by Crippen LogP contribution is 2.21. The number of para-hydroxylation sites is 2. The summed E-state index contributed by atoms with van der Waals surface area (Å²) in [5, 5.41) is 26.8. The molecule has 2 rings (SSSR count). The number of carbonyl (C=O) groups excluding carboxylic acids is 1. The van der Waals surface area contributed by atoms with E-state index in [-0.39, 0.29) is 30.3 Å². The van der Waals surface area contributed by atoms with Crippen molar-refractivity contribution in [1.82, 2.24) is 9.78 Å². The van der Waals surface area contributed by atoms with Gasteiger partial charge in [0.1, 0.15) is 17.6 Å². The second kappa shape index (κ2) is 6.04. The third-order valence-corrected chi connectivity index (χ3v) is 2.86. The summed E-state index contributed by atoms with van der Waals surface area (Å²) in [7, 11) is 0. The molecule has 0 spiro atoms. The van der Waals surface area contributed by atoms with Crippen molar-refractivity contribution in [2.75, 3.05) is 5.32 Å². The summed E-state index contributed by atoms with van der Waals surface area (Å²) >= 11 is 0. The molecule has 1 amide bonds. The maximum Gasteiger partial charge on any atom is 0.309 e. The molecule has 0 atom stereocenters. The molecular formula is C13H14N4O4. The number of aryl methyl sites for hydroxylation is 2. The van der Waals surface area contributed by atoms with Gasteiger partial charge in [-0.3, -0.25) is 19.6 Å². The molecule has 0 bridgehead atoms. The number of anilines is 1. The van der Waals surface area contributed by atoms with Gasteiger partial charge < -0.3 is 10.4 Å². The van der Waals surface area contributed by atoms with Crippen molar-refractivity contribution < 1.29 is 14.8 Å². The van der Waals surface area contributed by atoms with E-state index >= 15 is 0 Å². The molecule has 0 unspecified atom stereocenters. The number of hydrogen-bond acceptors (Lipinski definition) is 5. The van der Waals surface area contributed by atoms with Gasteiger partial charge in [-0.05, 0) is 19.1 Å². The van der Waals surface area contributed by atoms with Crippen molar-refractivity contribution in [3.63, 3.8) is 0 Å². The Morgan fingerprint density at radius 3 is 2.81 bits per heavy atom. The molecule has 0 aliphatic rings. The van der Waals surface area contributed by atoms with Gasteiger partial charge in [0.05, 0.1) is 10.6 Å². The van der Waals surface area contributed by atoms with Crippen LogP contribution in [0.25, 0.3) is 0 Å². The van der Waals surface area contributed by atoms with E-state index in [4.69, 9.17) is 0 Å². The van der Waals surface area contributed by atoms with Crippen LogP contribution >= 0.6 is 0 Å². The van der Waals surface area contributed by atoms with Crippen LogP contribution in [0.4, 0.5) is 11.4 Å². The summed E-state index contributed by atoms with van der Waals surface area (Å²) in [6.07, 6.45) is 1.38. The van der Waals surface area contributed by atoms with E-state index in [1.807, 2.05) is 0 Å². The summed E-state index contributed by atoms with van der Waals surface area (Å²) in [5.74, 6) is -0.330. The Morgan fingerprint density at radius 1 is 1.48 bits per heavy atom. The summed E-state index contributed by atoms with van der Waals surface area (Å²) in [6, 6.07) is 6.39. The van der Waals surface area contributed by atoms with Gasteiger partial charge in [0.15, 0.2) is 0 Å². The molecule has 1 aromatic carbocycles. The van der Waals surface area contributed by atoms with Crippen LogP contribution < -0.4 is 5.32 Å². The number of carbonyl (C=O) groups is 1. The average molecular weight is 290 g/mol. The van der Waals surface area contributed by atoms with Gasteiger partial charge in [0.25, 0.3) is 0 Å². The van der Waals surface area contributed by atoms with Gasteiger partial charge >= 0.3 is 5.69 Å². The molecule has 0 saturated heterocycles. The third kappa shape index (κ3) is 3.56. The maximum absolute atomic E-state index is 11.8. The number of amides is 1. The standard InChI is InChI=1S/C13H14N4O4/c1-9-11(17(20)21)8-16(15-9)7-6-13(19)14-10-4-2-3-5-12(10)18/h2-5,8,18H,6-7H2,1H3,(H,14,19). The minimum absolute atomic E-state index is 0.0172. The number of hydrogen-bond donors (Lipinski definition) is 2. The van der Waals surface area contributed by atoms with E-state index in [0.717, 1.165) is 0 Å². The van der Waals surface area contributed by atoms with Gasteiger partial charge in [-0.25, -0.2) is 0 Å². The first-order valence-electron chi connectivity index (χ1n) is 6.23. The Balaban J connectivity index is 1.94. The number of nitro groups is 1. The molecule has 0 aliphatic heterocycles. The fourth-order valence-electron chi connectivity index (χ4n) is 1.81. The molecule has 110 valence electrons. The van der Waals surface area contributed by atoms with Crippen molar-refractivity contribution in [3.8, 4) is 5.75 Å². The van der Waals surface area contributed by atoms with Crippen molar-refractivity contribution in [1.29, 1.82) is 0 Å². The molecule has 21 heavy (non-hydrogen) atoms. The van der Waals surface area contributed by atoms with Crippen molar-refractivity contribution in [2.45, 2.75) is 19.9 Å². The predicted molar refractivity (Wildman–Crippen MR) is 75.0 cm³/mol. The number of rotatable bonds is 5. The average Bonchev–Trinajstić information content (AvgIpc) is 2.80. The van der Waals surface area contributed by atoms with E-state index in [1.165, 1.54) is 23.9 Å². The number of nitrogens with zero attached hydrogens (tertiary/aromatic N) is 3. The Morgan fingerprint density at radius 2 is 2.19 bits per heavy atom. The van der Waals surface area contributed by atoms with Gasteiger partial charge in [-0.15, -0.1) is 0 Å². The molecule has 8 heteroatoms. The lowest BCUT2D eigenvalue weighted by atomic mass is 10.3. The van der Waals surface area contributed by atoms with E-state index in [9.17, 15) is 20.0 Å². The molecule has 0 saturated carbocycles. The largest absolute Gasteiger partial charge is 0.506 e. The van der Waals surface area contributed by atoms with Crippen molar-refractivity contribution in [3.05, 3.63) is 46.3 Å². The Bertz CT molecular complexity index is 681. The van der Waals surface area contributed by atoms with Gasteiger partial charge in [0, 0.05) is 13.0 Å². The molecule has 1 heterocycles. The van der Waals surface area contributed by atoms with Gasteiger partial charge in [-0.2, -0.15) is 5.10 Å². The molecule has 0 fully saturated rings. The first-order chi connectivity index (χ1) is 9.97. The minimum Gasteiger partial charge on any atom is -0.506 e. The van der Waals surface area contributed by atoms with E-state index in [2.05, 4.69) is 10.4 Å². The Kier molecular flexibility index (Phi) is 4.17. The highest BCUT2D eigenvalue weighted by Gasteiger charge is 2.15. The van der Waals surface area contributed by atoms with Crippen LogP contribution in [-0.4, -0.2) is 25.7 Å². The summed E-state index contributed by atoms with van der Waals surface area (Å²) < 4.78 is 1.36. The predicted octanol–water partition coefficient (Wildman–Crippen LogP) is 1.83. The van der Waals surface area contributed by atoms with Crippen molar-refractivity contribution >= 4 is 17.3 Å². The van der Waals surface area contributed by atoms with E-state index < -0.39 is 4.92 Å². The molecule has 1 aromatic heterocycles. The number of aromatic hydroxyl groups is 1. The molecule has 2 N–H and O–H groups in total. The Labute approximate surface area is 120 Å². The van der Waals surface area contributed by atoms with Crippen LogP contribution in [0.3, 0.4) is 0 Å². The number of aromatic nitrogens is 2. The van der Waals surface area contributed by atoms with Crippen LogP contribution in [0.2, 0.25) is 0 Å². The lowest BCUT2D eigenvalue weighted by Gasteiger charge is -2.06. The van der Waals surface area contributed by atoms with Crippen LogP contribution in [0.5, 0.6) is 5.75 Å². The normalized spacial score (nSPS) is 10.3. The fraction of sp³-hybridized carbons (Fsp3) is 0.231. The molecular weight excluding hydrogens is 276 g/mol. The highest BCUT2D eigenvalue weighted by molar-refractivity contribution is 5.92. The van der Waals surface area contributed by atoms with Crippen LogP contribution in [0.1, 0.15) is 12.1 Å². The lowest BCUT2D eigenvalue weighted by Crippen LogP contribution is -2.14. The van der Waals surface area contributed by atoms with Gasteiger partial charge in [0.2, 0.25) is 5.91 Å². The van der Waals surface area contributed by atoms with E-state index in [0.29, 0.717) is 11.4 Å². The summed E-state index contributed by atoms with van der Waals surface area (Å²) in [6.45, 7) is 1.75. The Hall–Kier alpha value is -2.90. The number of phenolic OH excluding ortho intramolecular Hbond substituents is 1. The zero-order valence-corrected chi connectivity index (χ0v) is 11.3. The fourth-order valence-corrected chi connectivity index (χ4v) is 1.81. The van der Waals surface area contributed by atoms with E-state index in [1.54, 1.807) is 18.2 Å². The van der Waals surface area contributed by atoms with Crippen LogP contribution in [0, 0.1) is 17.0 Å². The smallest absolute Gasteiger partial charge is 0.309 e. The quantitative estimate of drug-likeness (QED) is 0.496. The number of nitrogens with one attached hydrogen (secondary N) is 1. The first-order valence-corrected chi connectivity index (χ1v) is 6.23. The van der Waals surface area contributed by atoms with Crippen molar-refractivity contribution in [2.24, 2.45) is 0 Å². The van der Waals surface area contributed by atoms with Gasteiger partial charge in [-0.1, -0.05) is 12.1 Å². The maximum atomic E-state index is 11.8. The number of phenols is 1. The minimum atomic E-state index is -0.513. The molecule has 8 nitrogen and oxygen atoms in total. The zero-order valence-electron chi connectivity index (χ0n) is 11.3. The lowest BCUT2D eigenvalue weighted by molar-refractivity contribution is -0.385. The summed E-state index contributed by atoms with van der Waals surface area (Å²) in [4.78, 5) is 22.0. The molecule has 0 radical (unpaired) electrons. The van der Waals surface area contributed by atoms with Crippen LogP contribution in [-0.2, 0) is 11.3 Å². The second-order valence-corrected chi connectivity index (χ2v) is 4.44. The highest BCUT2D eigenvalue weighted by atomic mass is 16.6.